The molecule has 3 rings (SSSR count). The van der Waals surface area contributed by atoms with Crippen LogP contribution in [0.5, 0.6) is 0 Å². The molecule has 0 unspecified atom stereocenters. The van der Waals surface area contributed by atoms with Crippen molar-refractivity contribution in [2.24, 2.45) is 0 Å². The topological polar surface area (TPSA) is 89.6 Å². The van der Waals surface area contributed by atoms with E-state index in [-0.39, 0.29) is 24.3 Å². The Labute approximate surface area is 155 Å². The van der Waals surface area contributed by atoms with Crippen molar-refractivity contribution in [3.8, 4) is 0 Å². The van der Waals surface area contributed by atoms with Crippen molar-refractivity contribution in [2.75, 3.05) is 11.9 Å². The molecule has 1 aliphatic heterocycles. The number of carbonyl (C=O) groups excluding carboxylic acids is 2. The molecular weight excluding hydrogens is 353 g/mol. The van der Waals surface area contributed by atoms with Gasteiger partial charge < -0.3 is 15.4 Å². The SMILES string of the molecule is [C-]#[N+]c1c(NC(=O)[C@H]2C[C@@H](F)CN2)ccc2c1cnn2C(=O)OC(C)(C)C. The lowest BCUT2D eigenvalue weighted by atomic mass is 10.1. The van der Waals surface area contributed by atoms with Crippen molar-refractivity contribution in [2.45, 2.75) is 45.0 Å². The number of anilines is 1. The maximum atomic E-state index is 13.3. The molecular formula is C18H20FN5O3. The van der Waals surface area contributed by atoms with Crippen molar-refractivity contribution < 1.29 is 18.7 Å². The molecule has 0 saturated carbocycles. The first kappa shape index (κ1) is 18.8. The first-order chi connectivity index (χ1) is 12.7. The van der Waals surface area contributed by atoms with Crippen LogP contribution in [0.4, 0.5) is 20.6 Å². The predicted molar refractivity (Wildman–Crippen MR) is 97.6 cm³/mol. The molecule has 27 heavy (non-hydrogen) atoms. The number of rotatable bonds is 2. The van der Waals surface area contributed by atoms with Gasteiger partial charge in [-0.2, -0.15) is 9.78 Å². The molecule has 9 heteroatoms. The molecule has 1 amide bonds. The molecule has 2 aromatic rings. The van der Waals surface area contributed by atoms with Gasteiger partial charge in [0, 0.05) is 30.2 Å². The molecule has 1 aliphatic rings. The van der Waals surface area contributed by atoms with Crippen LogP contribution in [0.1, 0.15) is 27.2 Å². The van der Waals surface area contributed by atoms with Crippen LogP contribution in [-0.4, -0.2) is 46.1 Å². The molecule has 0 aliphatic carbocycles. The Morgan fingerprint density at radius 2 is 2.19 bits per heavy atom. The van der Waals surface area contributed by atoms with Gasteiger partial charge in [0.1, 0.15) is 11.8 Å². The lowest BCUT2D eigenvalue weighted by Gasteiger charge is -2.19. The van der Waals surface area contributed by atoms with Gasteiger partial charge in [-0.05, 0) is 32.9 Å². The number of nitrogens with zero attached hydrogens (tertiary/aromatic N) is 3. The first-order valence-electron chi connectivity index (χ1n) is 8.49. The van der Waals surface area contributed by atoms with Gasteiger partial charge in [0.15, 0.2) is 0 Å². The first-order valence-corrected chi connectivity index (χ1v) is 8.49. The minimum absolute atomic E-state index is 0.0952. The number of ether oxygens (including phenoxy) is 1. The van der Waals surface area contributed by atoms with Crippen LogP contribution in [0, 0.1) is 6.57 Å². The zero-order valence-corrected chi connectivity index (χ0v) is 15.2. The summed E-state index contributed by atoms with van der Waals surface area (Å²) in [5.74, 6) is -0.404. The summed E-state index contributed by atoms with van der Waals surface area (Å²) in [6.45, 7) is 12.8. The number of carbonyl (C=O) groups is 2. The van der Waals surface area contributed by atoms with Crippen LogP contribution < -0.4 is 10.6 Å². The van der Waals surface area contributed by atoms with Crippen molar-refractivity contribution >= 4 is 34.3 Å². The number of alkyl halides is 1. The molecule has 1 aromatic heterocycles. The molecule has 142 valence electrons. The van der Waals surface area contributed by atoms with Crippen LogP contribution in [0.25, 0.3) is 15.7 Å². The van der Waals surface area contributed by atoms with E-state index < -0.39 is 29.8 Å². The van der Waals surface area contributed by atoms with Crippen LogP contribution in [0.3, 0.4) is 0 Å². The second-order valence-electron chi connectivity index (χ2n) is 7.33. The van der Waals surface area contributed by atoms with Crippen molar-refractivity contribution in [3.05, 3.63) is 29.7 Å². The van der Waals surface area contributed by atoms with Gasteiger partial charge in [-0.1, -0.05) is 0 Å². The molecule has 2 heterocycles. The van der Waals surface area contributed by atoms with Crippen LogP contribution in [0.15, 0.2) is 18.3 Å². The monoisotopic (exact) mass is 373 g/mol. The third-order valence-electron chi connectivity index (χ3n) is 4.05. The molecule has 0 bridgehead atoms. The molecule has 0 radical (unpaired) electrons. The third-order valence-corrected chi connectivity index (χ3v) is 4.05. The summed E-state index contributed by atoms with van der Waals surface area (Å²) < 4.78 is 19.7. The van der Waals surface area contributed by atoms with E-state index in [9.17, 15) is 14.0 Å². The average Bonchev–Trinajstić information content (AvgIpc) is 3.19. The largest absolute Gasteiger partial charge is 0.442 e. The Hall–Kier alpha value is -2.99. The van der Waals surface area contributed by atoms with E-state index in [0.717, 1.165) is 4.68 Å². The number of hydrogen-bond acceptors (Lipinski definition) is 5. The zero-order valence-electron chi connectivity index (χ0n) is 15.2. The normalized spacial score (nSPS) is 19.7. The molecule has 0 spiro atoms. The minimum Gasteiger partial charge on any atom is -0.442 e. The summed E-state index contributed by atoms with van der Waals surface area (Å²) in [6, 6.07) is 2.47. The molecule has 8 nitrogen and oxygen atoms in total. The summed E-state index contributed by atoms with van der Waals surface area (Å²) in [5.41, 5.74) is 0.158. The Bertz CT molecular complexity index is 941. The fourth-order valence-electron chi connectivity index (χ4n) is 2.87. The van der Waals surface area contributed by atoms with Gasteiger partial charge in [0.25, 0.3) is 0 Å². The van der Waals surface area contributed by atoms with Crippen molar-refractivity contribution in [1.29, 1.82) is 0 Å². The Morgan fingerprint density at radius 3 is 2.78 bits per heavy atom. The van der Waals surface area contributed by atoms with E-state index in [1.165, 1.54) is 12.3 Å². The second kappa shape index (κ2) is 6.96. The van der Waals surface area contributed by atoms with E-state index >= 15 is 0 Å². The lowest BCUT2D eigenvalue weighted by molar-refractivity contribution is -0.117. The highest BCUT2D eigenvalue weighted by Crippen LogP contribution is 2.34. The van der Waals surface area contributed by atoms with E-state index in [1.54, 1.807) is 26.8 Å². The van der Waals surface area contributed by atoms with Gasteiger partial charge in [0.2, 0.25) is 11.6 Å². The van der Waals surface area contributed by atoms with Crippen molar-refractivity contribution in [3.63, 3.8) is 0 Å². The minimum atomic E-state index is -1.06. The lowest BCUT2D eigenvalue weighted by Crippen LogP contribution is -2.35. The predicted octanol–water partition coefficient (Wildman–Crippen LogP) is 3.01. The summed E-state index contributed by atoms with van der Waals surface area (Å²) in [7, 11) is 0. The third kappa shape index (κ3) is 3.90. The van der Waals surface area contributed by atoms with Crippen molar-refractivity contribution in [1.82, 2.24) is 15.1 Å². The number of benzene rings is 1. The molecule has 1 fully saturated rings. The Kier molecular flexibility index (Phi) is 4.85. The number of hydrogen-bond donors (Lipinski definition) is 2. The Morgan fingerprint density at radius 1 is 1.44 bits per heavy atom. The van der Waals surface area contributed by atoms with E-state index in [4.69, 9.17) is 11.3 Å². The van der Waals surface area contributed by atoms with E-state index in [0.29, 0.717) is 10.9 Å². The summed E-state index contributed by atoms with van der Waals surface area (Å²) in [4.78, 5) is 28.1. The van der Waals surface area contributed by atoms with Gasteiger partial charge in [-0.3, -0.25) is 4.79 Å². The molecule has 1 aromatic carbocycles. The molecule has 2 N–H and O–H groups in total. The average molecular weight is 373 g/mol. The summed E-state index contributed by atoms with van der Waals surface area (Å²) in [6.07, 6.45) is -0.240. The van der Waals surface area contributed by atoms with Gasteiger partial charge >= 0.3 is 6.09 Å². The highest BCUT2D eigenvalue weighted by Gasteiger charge is 2.30. The van der Waals surface area contributed by atoms with Gasteiger partial charge in [-0.15, -0.1) is 0 Å². The molecule has 2 atom stereocenters. The fourth-order valence-corrected chi connectivity index (χ4v) is 2.87. The standard InChI is InChI=1S/C18H20FN5O3/c1-18(2,3)27-17(26)24-14-6-5-12(15(20-4)11(14)9-22-24)23-16(25)13-7-10(19)8-21-13/h5-6,9-10,13,21H,7-8H2,1-3H3,(H,23,25)/t10-,13-/m1/s1. The number of amides is 1. The zero-order chi connectivity index (χ0) is 19.8. The van der Waals surface area contributed by atoms with Crippen LogP contribution in [0.2, 0.25) is 0 Å². The number of fused-ring (bicyclic) bond motifs is 1. The van der Waals surface area contributed by atoms with Gasteiger partial charge in [-0.25, -0.2) is 14.0 Å². The summed E-state index contributed by atoms with van der Waals surface area (Å²) >= 11 is 0. The maximum absolute atomic E-state index is 13.3. The second-order valence-corrected chi connectivity index (χ2v) is 7.33. The summed E-state index contributed by atoms with van der Waals surface area (Å²) in [5, 5.41) is 9.89. The van der Waals surface area contributed by atoms with Crippen LogP contribution in [-0.2, 0) is 9.53 Å². The van der Waals surface area contributed by atoms with Gasteiger partial charge in [0.05, 0.1) is 18.1 Å². The number of halogens is 1. The van der Waals surface area contributed by atoms with E-state index in [2.05, 4.69) is 20.6 Å². The Balaban J connectivity index is 1.90. The number of aromatic nitrogens is 2. The van der Waals surface area contributed by atoms with E-state index in [1.807, 2.05) is 0 Å². The smallest absolute Gasteiger partial charge is 0.435 e. The molecule has 1 saturated heterocycles. The highest BCUT2D eigenvalue weighted by atomic mass is 19.1. The maximum Gasteiger partial charge on any atom is 0.435 e. The quantitative estimate of drug-likeness (QED) is 0.790. The highest BCUT2D eigenvalue weighted by molar-refractivity contribution is 6.06. The number of nitrogens with one attached hydrogen (secondary N) is 2. The fraction of sp³-hybridized carbons (Fsp3) is 0.444. The van der Waals surface area contributed by atoms with Crippen LogP contribution >= 0.6 is 0 Å².